The summed E-state index contributed by atoms with van der Waals surface area (Å²) < 4.78 is 5.57. The van der Waals surface area contributed by atoms with Crippen molar-refractivity contribution in [3.05, 3.63) is 29.8 Å². The first kappa shape index (κ1) is 11.6. The van der Waals surface area contributed by atoms with E-state index in [0.717, 1.165) is 24.8 Å². The Labute approximate surface area is 91.4 Å². The van der Waals surface area contributed by atoms with Crippen molar-refractivity contribution in [1.82, 2.24) is 0 Å². The Hall–Kier alpha value is -1.46. The van der Waals surface area contributed by atoms with Gasteiger partial charge in [-0.15, -0.1) is 6.42 Å². The fourth-order valence-corrected chi connectivity index (χ4v) is 1.32. The highest BCUT2D eigenvalue weighted by atomic mass is 16.5. The zero-order valence-corrected chi connectivity index (χ0v) is 9.07. The summed E-state index contributed by atoms with van der Waals surface area (Å²) >= 11 is 0. The second-order valence-electron chi connectivity index (χ2n) is 3.44. The van der Waals surface area contributed by atoms with Crippen LogP contribution in [-0.2, 0) is 0 Å². The smallest absolute Gasteiger partial charge is 0.147 e. The quantitative estimate of drug-likeness (QED) is 0.589. The standard InChI is InChI=1S/C13H17NO/c1-3-5-10-13(14)15-12-9-7-6-8-11(12)4-2/h2,6-9,13H,3,5,10,14H2,1H3. The molecule has 1 aromatic rings. The van der Waals surface area contributed by atoms with Crippen LogP contribution in [0, 0.1) is 12.3 Å². The molecule has 1 rings (SSSR count). The molecule has 15 heavy (non-hydrogen) atoms. The largest absolute Gasteiger partial charge is 0.474 e. The van der Waals surface area contributed by atoms with E-state index < -0.39 is 0 Å². The Bertz CT molecular complexity index is 341. The van der Waals surface area contributed by atoms with Crippen molar-refractivity contribution >= 4 is 0 Å². The third-order valence-electron chi connectivity index (χ3n) is 2.16. The second kappa shape index (κ2) is 6.10. The number of para-hydroxylation sites is 1. The van der Waals surface area contributed by atoms with Crippen LogP contribution in [0.1, 0.15) is 31.7 Å². The summed E-state index contributed by atoms with van der Waals surface area (Å²) in [5.41, 5.74) is 6.58. The molecule has 1 aromatic carbocycles. The molecule has 1 unspecified atom stereocenters. The minimum absolute atomic E-state index is 0.264. The lowest BCUT2D eigenvalue weighted by Crippen LogP contribution is -2.27. The molecule has 0 aliphatic rings. The third-order valence-corrected chi connectivity index (χ3v) is 2.16. The van der Waals surface area contributed by atoms with Crippen LogP contribution in [0.2, 0.25) is 0 Å². The molecule has 0 saturated carbocycles. The van der Waals surface area contributed by atoms with E-state index in [4.69, 9.17) is 16.9 Å². The van der Waals surface area contributed by atoms with Crippen LogP contribution in [0.5, 0.6) is 5.75 Å². The first-order chi connectivity index (χ1) is 7.27. The molecule has 0 heterocycles. The minimum Gasteiger partial charge on any atom is -0.474 e. The van der Waals surface area contributed by atoms with Crippen molar-refractivity contribution in [2.75, 3.05) is 0 Å². The molecule has 0 amide bonds. The van der Waals surface area contributed by atoms with E-state index in [1.54, 1.807) is 0 Å². The van der Waals surface area contributed by atoms with Crippen molar-refractivity contribution in [2.24, 2.45) is 5.73 Å². The van der Waals surface area contributed by atoms with Crippen LogP contribution in [0.25, 0.3) is 0 Å². The molecule has 0 radical (unpaired) electrons. The summed E-state index contributed by atoms with van der Waals surface area (Å²) in [6.07, 6.45) is 8.14. The highest BCUT2D eigenvalue weighted by Crippen LogP contribution is 2.18. The normalized spacial score (nSPS) is 11.8. The Morgan fingerprint density at radius 3 is 2.87 bits per heavy atom. The van der Waals surface area contributed by atoms with E-state index in [2.05, 4.69) is 12.8 Å². The van der Waals surface area contributed by atoms with Gasteiger partial charge in [0, 0.05) is 0 Å². The van der Waals surface area contributed by atoms with Crippen molar-refractivity contribution in [1.29, 1.82) is 0 Å². The number of hydrogen-bond acceptors (Lipinski definition) is 2. The first-order valence-corrected chi connectivity index (χ1v) is 5.25. The second-order valence-corrected chi connectivity index (χ2v) is 3.44. The number of hydrogen-bond donors (Lipinski definition) is 1. The van der Waals surface area contributed by atoms with Gasteiger partial charge in [0.25, 0.3) is 0 Å². The van der Waals surface area contributed by atoms with Crippen LogP contribution in [0.15, 0.2) is 24.3 Å². The molecule has 0 fully saturated rings. The monoisotopic (exact) mass is 203 g/mol. The third kappa shape index (κ3) is 3.65. The number of unbranched alkanes of at least 4 members (excludes halogenated alkanes) is 1. The lowest BCUT2D eigenvalue weighted by atomic mass is 10.2. The lowest BCUT2D eigenvalue weighted by molar-refractivity contribution is 0.195. The van der Waals surface area contributed by atoms with Gasteiger partial charge in [0.05, 0.1) is 5.56 Å². The van der Waals surface area contributed by atoms with Crippen LogP contribution in [0.3, 0.4) is 0 Å². The van der Waals surface area contributed by atoms with E-state index in [1.807, 2.05) is 24.3 Å². The predicted octanol–water partition coefficient (Wildman–Crippen LogP) is 2.52. The van der Waals surface area contributed by atoms with E-state index in [1.165, 1.54) is 0 Å². The SMILES string of the molecule is C#Cc1ccccc1OC(N)CCCC. The maximum absolute atomic E-state index is 5.82. The molecule has 2 nitrogen and oxygen atoms in total. The Kier molecular flexibility index (Phi) is 4.73. The molecule has 1 atom stereocenters. The van der Waals surface area contributed by atoms with Crippen molar-refractivity contribution in [3.8, 4) is 18.1 Å². The minimum atomic E-state index is -0.264. The van der Waals surface area contributed by atoms with Crippen molar-refractivity contribution < 1.29 is 4.74 Å². The van der Waals surface area contributed by atoms with E-state index in [9.17, 15) is 0 Å². The number of terminal acetylenes is 1. The molecule has 2 N–H and O–H groups in total. The van der Waals surface area contributed by atoms with Gasteiger partial charge in [-0.3, -0.25) is 5.73 Å². The average Bonchev–Trinajstić information content (AvgIpc) is 2.27. The van der Waals surface area contributed by atoms with Gasteiger partial charge < -0.3 is 4.74 Å². The maximum Gasteiger partial charge on any atom is 0.147 e. The fourth-order valence-electron chi connectivity index (χ4n) is 1.32. The molecule has 0 saturated heterocycles. The van der Waals surface area contributed by atoms with Crippen LogP contribution in [-0.4, -0.2) is 6.23 Å². The van der Waals surface area contributed by atoms with Crippen LogP contribution >= 0.6 is 0 Å². The van der Waals surface area contributed by atoms with Gasteiger partial charge in [-0.1, -0.05) is 31.4 Å². The zero-order valence-electron chi connectivity index (χ0n) is 9.07. The summed E-state index contributed by atoms with van der Waals surface area (Å²) in [6.45, 7) is 2.13. The molecular weight excluding hydrogens is 186 g/mol. The molecule has 0 spiro atoms. The molecule has 2 heteroatoms. The average molecular weight is 203 g/mol. The summed E-state index contributed by atoms with van der Waals surface area (Å²) in [7, 11) is 0. The van der Waals surface area contributed by atoms with Gasteiger partial charge in [-0.2, -0.15) is 0 Å². The molecular formula is C13H17NO. The number of benzene rings is 1. The summed E-state index contributed by atoms with van der Waals surface area (Å²) in [5.74, 6) is 3.27. The summed E-state index contributed by atoms with van der Waals surface area (Å²) in [6, 6.07) is 7.48. The fraction of sp³-hybridized carbons (Fsp3) is 0.385. The molecule has 0 aromatic heterocycles. The van der Waals surface area contributed by atoms with E-state index in [0.29, 0.717) is 5.75 Å². The molecule has 80 valence electrons. The van der Waals surface area contributed by atoms with Gasteiger partial charge >= 0.3 is 0 Å². The van der Waals surface area contributed by atoms with Gasteiger partial charge in [0.1, 0.15) is 12.0 Å². The molecule has 0 bridgehead atoms. The molecule has 0 aliphatic heterocycles. The topological polar surface area (TPSA) is 35.2 Å². The Balaban J connectivity index is 2.60. The van der Waals surface area contributed by atoms with Crippen LogP contribution < -0.4 is 10.5 Å². The molecule has 0 aliphatic carbocycles. The van der Waals surface area contributed by atoms with E-state index >= 15 is 0 Å². The Morgan fingerprint density at radius 2 is 2.20 bits per heavy atom. The summed E-state index contributed by atoms with van der Waals surface area (Å²) in [5, 5.41) is 0. The number of rotatable bonds is 5. The highest BCUT2D eigenvalue weighted by molar-refractivity contribution is 5.44. The Morgan fingerprint density at radius 1 is 1.47 bits per heavy atom. The predicted molar refractivity (Wildman–Crippen MR) is 62.5 cm³/mol. The highest BCUT2D eigenvalue weighted by Gasteiger charge is 2.06. The van der Waals surface area contributed by atoms with Crippen molar-refractivity contribution in [3.63, 3.8) is 0 Å². The van der Waals surface area contributed by atoms with E-state index in [-0.39, 0.29) is 6.23 Å². The summed E-state index contributed by atoms with van der Waals surface area (Å²) in [4.78, 5) is 0. The van der Waals surface area contributed by atoms with Crippen molar-refractivity contribution in [2.45, 2.75) is 32.4 Å². The lowest BCUT2D eigenvalue weighted by Gasteiger charge is -2.15. The number of ether oxygens (including phenoxy) is 1. The van der Waals surface area contributed by atoms with Gasteiger partial charge in [0.2, 0.25) is 0 Å². The first-order valence-electron chi connectivity index (χ1n) is 5.25. The van der Waals surface area contributed by atoms with Gasteiger partial charge in [-0.25, -0.2) is 0 Å². The zero-order chi connectivity index (χ0) is 11.1. The van der Waals surface area contributed by atoms with Crippen LogP contribution in [0.4, 0.5) is 0 Å². The van der Waals surface area contributed by atoms with Gasteiger partial charge in [0.15, 0.2) is 0 Å². The maximum atomic E-state index is 5.82. The number of nitrogens with two attached hydrogens (primary N) is 1. The van der Waals surface area contributed by atoms with Gasteiger partial charge in [-0.05, 0) is 25.0 Å².